The number of hydrogen-bond acceptors (Lipinski definition) is 10. The number of rotatable bonds is 6. The molecule has 0 unspecified atom stereocenters. The van der Waals surface area contributed by atoms with Crippen molar-refractivity contribution in [3.05, 3.63) is 40.7 Å². The second-order valence-corrected chi connectivity index (χ2v) is 12.0. The number of nitrogens with two attached hydrogens (primary N) is 1. The largest absolute Gasteiger partial charge is 0.474 e. The molecule has 1 aliphatic carbocycles. The van der Waals surface area contributed by atoms with E-state index in [-0.39, 0.29) is 40.7 Å². The van der Waals surface area contributed by atoms with E-state index in [1.54, 1.807) is 27.0 Å². The minimum atomic E-state index is -5.06. The van der Waals surface area contributed by atoms with Crippen LogP contribution in [0.1, 0.15) is 44.2 Å². The Morgan fingerprint density at radius 3 is 2.60 bits per heavy atom. The molecule has 2 aromatic heterocycles. The molecule has 0 spiro atoms. The lowest BCUT2D eigenvalue weighted by Crippen LogP contribution is -2.49. The average Bonchev–Trinajstić information content (AvgIpc) is 3.50. The van der Waals surface area contributed by atoms with Crippen LogP contribution in [0.3, 0.4) is 0 Å². The van der Waals surface area contributed by atoms with Crippen LogP contribution in [0.25, 0.3) is 22.2 Å². The summed E-state index contributed by atoms with van der Waals surface area (Å²) in [5, 5.41) is 6.30. The molecule has 2 bridgehead atoms. The normalized spacial score (nSPS) is 25.4. The summed E-state index contributed by atoms with van der Waals surface area (Å²) in [7, 11) is 1.60. The van der Waals surface area contributed by atoms with Crippen molar-refractivity contribution < 1.29 is 40.9 Å². The third-order valence-electron chi connectivity index (χ3n) is 8.51. The maximum atomic E-state index is 16.6. The number of halogens is 5. The van der Waals surface area contributed by atoms with Crippen LogP contribution >= 0.6 is 0 Å². The zero-order chi connectivity index (χ0) is 32.3. The van der Waals surface area contributed by atoms with Crippen molar-refractivity contribution in [2.24, 2.45) is 5.41 Å². The van der Waals surface area contributed by atoms with Gasteiger partial charge < -0.3 is 35.3 Å². The molecule has 7 rings (SSSR count). The number of nitrogen functional groups attached to an aromatic ring is 1. The molecule has 45 heavy (non-hydrogen) atoms. The summed E-state index contributed by atoms with van der Waals surface area (Å²) in [5.41, 5.74) is 0.365. The van der Waals surface area contributed by atoms with E-state index >= 15 is 4.39 Å². The number of ether oxygens (including phenoxy) is 4. The number of benzene rings is 1. The number of anilines is 2. The summed E-state index contributed by atoms with van der Waals surface area (Å²) in [6.45, 7) is 5.96. The second-order valence-electron chi connectivity index (χ2n) is 12.0. The van der Waals surface area contributed by atoms with Gasteiger partial charge in [0.1, 0.15) is 22.4 Å². The number of methoxy groups -OCH3 is 1. The maximum absolute atomic E-state index is 16.6. The first kappa shape index (κ1) is 31.0. The van der Waals surface area contributed by atoms with E-state index < -0.39 is 57.5 Å². The maximum Gasteiger partial charge on any atom is 0.417 e. The first-order valence-corrected chi connectivity index (χ1v) is 14.5. The van der Waals surface area contributed by atoms with Crippen molar-refractivity contribution in [3.63, 3.8) is 0 Å². The Bertz CT molecular complexity index is 1690. The number of hydrogen-bond donors (Lipinski definition) is 3. The van der Waals surface area contributed by atoms with Gasteiger partial charge >= 0.3 is 12.2 Å². The van der Waals surface area contributed by atoms with Crippen molar-refractivity contribution in [3.8, 4) is 23.1 Å². The summed E-state index contributed by atoms with van der Waals surface area (Å²) in [6.07, 6.45) is -1.95. The molecular formula is C30H33F5N6O4. The molecule has 10 nitrogen and oxygen atoms in total. The predicted molar refractivity (Wildman–Crippen MR) is 155 cm³/mol. The Kier molecular flexibility index (Phi) is 7.67. The van der Waals surface area contributed by atoms with Crippen LogP contribution in [-0.4, -0.2) is 60.1 Å². The SMILES string of the molecule is C/C=C1/NCC[C@H](C)Oc2nc(-c3cc(N)c(F)c(C)c3C(F)(F)F)c(F)c3nc(OCC45COC(COC)(C4)C5)nc(c23)N1. The third kappa shape index (κ3) is 5.45. The van der Waals surface area contributed by atoms with Crippen molar-refractivity contribution in [2.75, 3.05) is 44.5 Å². The average molecular weight is 637 g/mol. The molecule has 3 aromatic rings. The zero-order valence-electron chi connectivity index (χ0n) is 25.1. The lowest BCUT2D eigenvalue weighted by molar-refractivity contribution is -0.137. The van der Waals surface area contributed by atoms with Crippen molar-refractivity contribution >= 4 is 22.4 Å². The van der Waals surface area contributed by atoms with Gasteiger partial charge in [-0.05, 0) is 51.3 Å². The van der Waals surface area contributed by atoms with E-state index in [2.05, 4.69) is 25.6 Å². The lowest BCUT2D eigenvalue weighted by Gasteiger charge is -2.43. The highest BCUT2D eigenvalue weighted by atomic mass is 19.4. The predicted octanol–water partition coefficient (Wildman–Crippen LogP) is 5.49. The lowest BCUT2D eigenvalue weighted by atomic mass is 9.63. The van der Waals surface area contributed by atoms with Gasteiger partial charge in [0, 0.05) is 31.1 Å². The van der Waals surface area contributed by atoms with E-state index in [9.17, 15) is 17.6 Å². The van der Waals surface area contributed by atoms with Crippen molar-refractivity contribution in [2.45, 2.75) is 57.9 Å². The number of fused-ring (bicyclic) bond motifs is 1. The summed E-state index contributed by atoms with van der Waals surface area (Å²) in [5.74, 6) is -2.08. The molecule has 4 aliphatic rings. The molecule has 5 heterocycles. The molecule has 2 saturated heterocycles. The van der Waals surface area contributed by atoms with Gasteiger partial charge in [0.2, 0.25) is 5.88 Å². The van der Waals surface area contributed by atoms with Crippen molar-refractivity contribution in [1.82, 2.24) is 20.3 Å². The van der Waals surface area contributed by atoms with Gasteiger partial charge in [-0.15, -0.1) is 0 Å². The van der Waals surface area contributed by atoms with Crippen LogP contribution in [0.4, 0.5) is 33.5 Å². The van der Waals surface area contributed by atoms with Gasteiger partial charge in [-0.25, -0.2) is 13.8 Å². The molecule has 0 radical (unpaired) electrons. The first-order chi connectivity index (χ1) is 21.3. The van der Waals surface area contributed by atoms with E-state index in [0.29, 0.717) is 44.8 Å². The third-order valence-corrected chi connectivity index (χ3v) is 8.51. The summed E-state index contributed by atoms with van der Waals surface area (Å²) >= 11 is 0. The molecule has 4 N–H and O–H groups in total. The van der Waals surface area contributed by atoms with Gasteiger partial charge in [0.15, 0.2) is 11.6 Å². The Hall–Kier alpha value is -3.98. The molecule has 15 heteroatoms. The Morgan fingerprint density at radius 2 is 1.91 bits per heavy atom. The van der Waals surface area contributed by atoms with Crippen LogP contribution in [0.15, 0.2) is 18.0 Å². The number of aromatic nitrogens is 3. The van der Waals surface area contributed by atoms with Gasteiger partial charge in [0.25, 0.3) is 0 Å². The highest BCUT2D eigenvalue weighted by Gasteiger charge is 2.63. The first-order valence-electron chi connectivity index (χ1n) is 14.5. The quantitative estimate of drug-likeness (QED) is 0.236. The fraction of sp³-hybridized carbons (Fsp3) is 0.500. The fourth-order valence-corrected chi connectivity index (χ4v) is 6.51. The summed E-state index contributed by atoms with van der Waals surface area (Å²) in [6, 6.07) is 0.504. The fourth-order valence-electron chi connectivity index (χ4n) is 6.51. The van der Waals surface area contributed by atoms with Crippen LogP contribution in [-0.2, 0) is 15.7 Å². The van der Waals surface area contributed by atoms with Crippen LogP contribution in [0.2, 0.25) is 0 Å². The Labute approximate surface area is 255 Å². The number of nitrogens with one attached hydrogen (secondary N) is 2. The van der Waals surface area contributed by atoms with E-state index in [0.717, 1.165) is 13.0 Å². The van der Waals surface area contributed by atoms with Crippen LogP contribution in [0, 0.1) is 24.0 Å². The summed E-state index contributed by atoms with van der Waals surface area (Å²) < 4.78 is 97.5. The number of pyridine rings is 1. The number of nitrogens with zero attached hydrogens (tertiary/aromatic N) is 3. The van der Waals surface area contributed by atoms with E-state index in [4.69, 9.17) is 24.7 Å². The van der Waals surface area contributed by atoms with Crippen LogP contribution in [0.5, 0.6) is 11.9 Å². The van der Waals surface area contributed by atoms with Gasteiger partial charge in [-0.1, -0.05) is 0 Å². The zero-order valence-corrected chi connectivity index (χ0v) is 25.1. The van der Waals surface area contributed by atoms with Gasteiger partial charge in [-0.3, -0.25) is 0 Å². The van der Waals surface area contributed by atoms with Crippen LogP contribution < -0.4 is 25.8 Å². The number of alkyl halides is 3. The Morgan fingerprint density at radius 1 is 1.16 bits per heavy atom. The minimum absolute atomic E-state index is 0.0102. The minimum Gasteiger partial charge on any atom is -0.474 e. The highest BCUT2D eigenvalue weighted by Crippen LogP contribution is 2.58. The molecule has 242 valence electrons. The Balaban J connectivity index is 1.53. The number of allylic oxidation sites excluding steroid dienone is 1. The monoisotopic (exact) mass is 636 g/mol. The second kappa shape index (κ2) is 11.1. The van der Waals surface area contributed by atoms with Gasteiger partial charge in [0.05, 0.1) is 48.6 Å². The topological polar surface area (TPSA) is 126 Å². The molecular weight excluding hydrogens is 603 g/mol. The standard InChI is InChI=1S/C30H33F5N6O4/c1-5-18-37-7-6-14(2)45-26-19-24(22(32)23(39-26)16-8-17(36)21(31)15(3)20(16)30(33,34)35)40-27(41-25(19)38-18)43-11-28-9-29(10-28,13-42-4)44-12-28/h5,8,14,37H,6-7,9-13,36H2,1-4H3,(H,38,40,41)/b18-5-/t14-,28?,29?/m0/s1. The molecule has 1 aromatic carbocycles. The van der Waals surface area contributed by atoms with Gasteiger partial charge in [-0.2, -0.15) is 23.1 Å². The molecule has 1 saturated carbocycles. The highest BCUT2D eigenvalue weighted by molar-refractivity contribution is 5.97. The van der Waals surface area contributed by atoms with E-state index in [1.807, 2.05) is 0 Å². The molecule has 3 aliphatic heterocycles. The molecule has 0 amide bonds. The summed E-state index contributed by atoms with van der Waals surface area (Å²) in [4.78, 5) is 13.1. The smallest absolute Gasteiger partial charge is 0.417 e. The van der Waals surface area contributed by atoms with E-state index in [1.165, 1.54) is 0 Å². The molecule has 3 fully saturated rings. The van der Waals surface area contributed by atoms with Crippen molar-refractivity contribution in [1.29, 1.82) is 0 Å². The molecule has 1 atom stereocenters.